The number of carbonyl (C=O) groups is 2. The van der Waals surface area contributed by atoms with Gasteiger partial charge in [-0.05, 0) is 25.7 Å². The number of urea groups is 2. The molecule has 1 aliphatic heterocycles. The number of hydrogen-bond donors (Lipinski definition) is 3. The van der Waals surface area contributed by atoms with Crippen LogP contribution in [0.25, 0.3) is 0 Å². The van der Waals surface area contributed by atoms with Crippen LogP contribution in [0.1, 0.15) is 25.7 Å². The van der Waals surface area contributed by atoms with E-state index in [2.05, 4.69) is 16.0 Å². The second-order valence-corrected chi connectivity index (χ2v) is 5.69. The summed E-state index contributed by atoms with van der Waals surface area (Å²) in [5.74, 6) is 0. The Balaban J connectivity index is 2.56. The first-order valence-corrected chi connectivity index (χ1v) is 8.13. The van der Waals surface area contributed by atoms with Crippen molar-refractivity contribution in [3.8, 4) is 0 Å². The molecule has 0 spiro atoms. The first kappa shape index (κ1) is 19.5. The molecule has 2 unspecified atom stereocenters. The lowest BCUT2D eigenvalue weighted by Gasteiger charge is -2.36. The molecule has 1 aliphatic rings. The Morgan fingerprint density at radius 2 is 2.04 bits per heavy atom. The fraction of sp³-hybridized carbons (Fsp3) is 0.867. The van der Waals surface area contributed by atoms with Crippen molar-refractivity contribution >= 4 is 12.1 Å². The summed E-state index contributed by atoms with van der Waals surface area (Å²) >= 11 is 0. The largest absolute Gasteiger partial charge is 0.385 e. The number of methoxy groups -OCH3 is 2. The summed E-state index contributed by atoms with van der Waals surface area (Å²) in [5, 5.41) is 8.31. The molecule has 0 saturated carbocycles. The van der Waals surface area contributed by atoms with Crippen molar-refractivity contribution in [1.29, 1.82) is 0 Å². The number of nitrogens with one attached hydrogen (secondary N) is 3. The molecule has 1 saturated heterocycles. The third-order valence-electron chi connectivity index (χ3n) is 3.98. The van der Waals surface area contributed by atoms with Gasteiger partial charge in [0, 0.05) is 41.0 Å². The summed E-state index contributed by atoms with van der Waals surface area (Å²) < 4.78 is 10.2. The van der Waals surface area contributed by atoms with Gasteiger partial charge >= 0.3 is 12.1 Å². The summed E-state index contributed by atoms with van der Waals surface area (Å²) in [6.07, 6.45) is 3.64. The van der Waals surface area contributed by atoms with Gasteiger partial charge in [-0.15, -0.1) is 0 Å². The Kier molecular flexibility index (Phi) is 9.39. The average Bonchev–Trinajstić information content (AvgIpc) is 2.57. The number of piperidine rings is 1. The molecule has 0 bridgehead atoms. The minimum Gasteiger partial charge on any atom is -0.385 e. The predicted molar refractivity (Wildman–Crippen MR) is 87.5 cm³/mol. The van der Waals surface area contributed by atoms with Crippen molar-refractivity contribution in [2.75, 3.05) is 47.6 Å². The third-order valence-corrected chi connectivity index (χ3v) is 3.98. The molecule has 3 N–H and O–H groups in total. The van der Waals surface area contributed by atoms with Gasteiger partial charge in [-0.3, -0.25) is 0 Å². The molecule has 4 amide bonds. The van der Waals surface area contributed by atoms with Gasteiger partial charge in [0.1, 0.15) is 0 Å². The van der Waals surface area contributed by atoms with Crippen LogP contribution in [0.15, 0.2) is 0 Å². The van der Waals surface area contributed by atoms with Crippen molar-refractivity contribution in [3.63, 3.8) is 0 Å². The number of hydrogen-bond acceptors (Lipinski definition) is 4. The molecule has 0 radical (unpaired) electrons. The molecule has 1 fully saturated rings. The molecule has 1 heterocycles. The van der Waals surface area contributed by atoms with Crippen molar-refractivity contribution in [1.82, 2.24) is 20.9 Å². The van der Waals surface area contributed by atoms with Gasteiger partial charge < -0.3 is 30.3 Å². The summed E-state index contributed by atoms with van der Waals surface area (Å²) in [6, 6.07) is -0.395. The quantitative estimate of drug-likeness (QED) is 0.605. The molecule has 8 heteroatoms. The lowest BCUT2D eigenvalue weighted by molar-refractivity contribution is 0.117. The van der Waals surface area contributed by atoms with Gasteiger partial charge in [0.15, 0.2) is 0 Å². The van der Waals surface area contributed by atoms with Crippen LogP contribution in [-0.4, -0.2) is 76.6 Å². The van der Waals surface area contributed by atoms with E-state index in [4.69, 9.17) is 9.47 Å². The Morgan fingerprint density at radius 1 is 1.26 bits per heavy atom. The SMILES string of the molecule is CNC(=O)NCC1CCCCN1C(=O)NC(CCOC)COC. The molecule has 0 aromatic carbocycles. The van der Waals surface area contributed by atoms with Gasteiger partial charge in [0.25, 0.3) is 0 Å². The molecule has 0 aromatic rings. The fourth-order valence-electron chi connectivity index (χ4n) is 2.70. The van der Waals surface area contributed by atoms with E-state index in [1.54, 1.807) is 21.3 Å². The number of amides is 4. The van der Waals surface area contributed by atoms with Crippen LogP contribution < -0.4 is 16.0 Å². The van der Waals surface area contributed by atoms with Gasteiger partial charge in [0.2, 0.25) is 0 Å². The Bertz CT molecular complexity index is 367. The highest BCUT2D eigenvalue weighted by Gasteiger charge is 2.28. The molecular formula is C15H30N4O4. The van der Waals surface area contributed by atoms with Gasteiger partial charge in [-0.25, -0.2) is 9.59 Å². The van der Waals surface area contributed by atoms with E-state index in [1.165, 1.54) is 0 Å². The highest BCUT2D eigenvalue weighted by atomic mass is 16.5. The van der Waals surface area contributed by atoms with E-state index < -0.39 is 0 Å². The van der Waals surface area contributed by atoms with E-state index in [9.17, 15) is 9.59 Å². The minimum absolute atomic E-state index is 0.0201. The summed E-state index contributed by atoms with van der Waals surface area (Å²) in [5.41, 5.74) is 0. The smallest absolute Gasteiger partial charge is 0.318 e. The zero-order valence-corrected chi connectivity index (χ0v) is 14.4. The summed E-state index contributed by atoms with van der Waals surface area (Å²) in [7, 11) is 4.82. The normalized spacial score (nSPS) is 19.1. The molecule has 8 nitrogen and oxygen atoms in total. The van der Waals surface area contributed by atoms with Crippen molar-refractivity contribution in [2.24, 2.45) is 0 Å². The van der Waals surface area contributed by atoms with E-state index in [0.717, 1.165) is 19.3 Å². The molecule has 2 atom stereocenters. The van der Waals surface area contributed by atoms with Crippen LogP contribution in [0.4, 0.5) is 9.59 Å². The molecular weight excluding hydrogens is 300 g/mol. The zero-order chi connectivity index (χ0) is 17.1. The Hall–Kier alpha value is -1.54. The molecule has 23 heavy (non-hydrogen) atoms. The van der Waals surface area contributed by atoms with Crippen LogP contribution in [0, 0.1) is 0 Å². The highest BCUT2D eigenvalue weighted by Crippen LogP contribution is 2.16. The number of ether oxygens (including phenoxy) is 2. The van der Waals surface area contributed by atoms with E-state index in [-0.39, 0.29) is 24.1 Å². The molecule has 0 aromatic heterocycles. The van der Waals surface area contributed by atoms with E-state index in [1.807, 2.05) is 4.90 Å². The number of likely N-dealkylation sites (tertiary alicyclic amines) is 1. The lowest BCUT2D eigenvalue weighted by Crippen LogP contribution is -2.55. The van der Waals surface area contributed by atoms with Crippen molar-refractivity contribution < 1.29 is 19.1 Å². The predicted octanol–water partition coefficient (Wildman–Crippen LogP) is 0.531. The second kappa shape index (κ2) is 11.1. The molecule has 0 aliphatic carbocycles. The zero-order valence-electron chi connectivity index (χ0n) is 14.4. The number of carbonyl (C=O) groups excluding carboxylic acids is 2. The van der Waals surface area contributed by atoms with Crippen LogP contribution in [0.3, 0.4) is 0 Å². The van der Waals surface area contributed by atoms with Gasteiger partial charge in [-0.1, -0.05) is 0 Å². The van der Waals surface area contributed by atoms with Crippen LogP contribution in [-0.2, 0) is 9.47 Å². The summed E-state index contributed by atoms with van der Waals surface area (Å²) in [6.45, 7) is 2.18. The van der Waals surface area contributed by atoms with Crippen molar-refractivity contribution in [3.05, 3.63) is 0 Å². The van der Waals surface area contributed by atoms with Crippen LogP contribution >= 0.6 is 0 Å². The van der Waals surface area contributed by atoms with Gasteiger partial charge in [-0.2, -0.15) is 0 Å². The molecule has 134 valence electrons. The second-order valence-electron chi connectivity index (χ2n) is 5.69. The maximum absolute atomic E-state index is 12.6. The average molecular weight is 330 g/mol. The topological polar surface area (TPSA) is 91.9 Å². The highest BCUT2D eigenvalue weighted by molar-refractivity contribution is 5.76. The van der Waals surface area contributed by atoms with Crippen LogP contribution in [0.2, 0.25) is 0 Å². The maximum atomic E-state index is 12.6. The first-order valence-electron chi connectivity index (χ1n) is 8.13. The summed E-state index contributed by atoms with van der Waals surface area (Å²) in [4.78, 5) is 25.7. The van der Waals surface area contributed by atoms with Crippen LogP contribution in [0.5, 0.6) is 0 Å². The maximum Gasteiger partial charge on any atom is 0.318 e. The number of nitrogens with zero attached hydrogens (tertiary/aromatic N) is 1. The molecule has 1 rings (SSSR count). The monoisotopic (exact) mass is 330 g/mol. The van der Waals surface area contributed by atoms with E-state index in [0.29, 0.717) is 32.7 Å². The lowest BCUT2D eigenvalue weighted by atomic mass is 10.0. The Morgan fingerprint density at radius 3 is 2.70 bits per heavy atom. The third kappa shape index (κ3) is 7.04. The number of rotatable bonds is 8. The van der Waals surface area contributed by atoms with Gasteiger partial charge in [0.05, 0.1) is 18.7 Å². The van der Waals surface area contributed by atoms with Crippen molar-refractivity contribution in [2.45, 2.75) is 37.8 Å². The first-order chi connectivity index (χ1) is 11.1. The minimum atomic E-state index is -0.228. The standard InChI is InChI=1S/C15H30N4O4/c1-16-14(20)17-10-13-6-4-5-8-19(13)15(21)18-12(11-23-3)7-9-22-2/h12-13H,4-11H2,1-3H3,(H,18,21)(H2,16,17,20). The Labute approximate surface area is 138 Å². The van der Waals surface area contributed by atoms with E-state index >= 15 is 0 Å². The fourth-order valence-corrected chi connectivity index (χ4v) is 2.70.